The van der Waals surface area contributed by atoms with Gasteiger partial charge in [0.15, 0.2) is 0 Å². The maximum absolute atomic E-state index is 4.88. The van der Waals surface area contributed by atoms with E-state index < -0.39 is 0 Å². The zero-order valence-corrected chi connectivity index (χ0v) is 13.2. The van der Waals surface area contributed by atoms with E-state index in [4.69, 9.17) is 4.99 Å². The van der Waals surface area contributed by atoms with Crippen molar-refractivity contribution < 1.29 is 0 Å². The van der Waals surface area contributed by atoms with Crippen LogP contribution in [0.15, 0.2) is 70.3 Å². The van der Waals surface area contributed by atoms with E-state index in [1.807, 2.05) is 0 Å². The lowest BCUT2D eigenvalue weighted by atomic mass is 10.1. The number of nitrogens with zero attached hydrogens (tertiary/aromatic N) is 2. The van der Waals surface area contributed by atoms with Gasteiger partial charge in [0.2, 0.25) is 0 Å². The van der Waals surface area contributed by atoms with E-state index in [0.717, 1.165) is 17.9 Å². The summed E-state index contributed by atoms with van der Waals surface area (Å²) in [5.74, 6) is 0. The molecule has 2 aromatic carbocycles. The molecule has 0 bridgehead atoms. The first-order chi connectivity index (χ1) is 10.8. The maximum Gasteiger partial charge on any atom is 0.0701 e. The summed E-state index contributed by atoms with van der Waals surface area (Å²) < 4.78 is 0. The summed E-state index contributed by atoms with van der Waals surface area (Å²) in [7, 11) is 0. The number of aliphatic imine (C=N–C) groups is 1. The van der Waals surface area contributed by atoms with Gasteiger partial charge in [0.05, 0.1) is 29.3 Å². The topological polar surface area (TPSA) is 15.6 Å². The molecule has 3 heteroatoms. The van der Waals surface area contributed by atoms with Gasteiger partial charge in [0.1, 0.15) is 0 Å². The second-order valence-electron chi connectivity index (χ2n) is 5.48. The summed E-state index contributed by atoms with van der Waals surface area (Å²) in [6, 6.07) is 19.0. The molecular formula is C19H16N2S. The van der Waals surface area contributed by atoms with Crippen LogP contribution < -0.4 is 4.90 Å². The van der Waals surface area contributed by atoms with Gasteiger partial charge in [-0.25, -0.2) is 0 Å². The largest absolute Gasteiger partial charge is 0.334 e. The second kappa shape index (κ2) is 5.43. The van der Waals surface area contributed by atoms with E-state index in [1.165, 1.54) is 22.5 Å². The van der Waals surface area contributed by atoms with Crippen LogP contribution in [0.3, 0.4) is 0 Å². The molecule has 0 aliphatic carbocycles. The van der Waals surface area contributed by atoms with Gasteiger partial charge in [0.25, 0.3) is 0 Å². The van der Waals surface area contributed by atoms with Crippen LogP contribution in [-0.2, 0) is 0 Å². The van der Waals surface area contributed by atoms with Gasteiger partial charge in [-0.3, -0.25) is 4.99 Å². The summed E-state index contributed by atoms with van der Waals surface area (Å²) in [4.78, 5) is 7.21. The molecule has 108 valence electrons. The minimum atomic E-state index is 0.823. The zero-order valence-electron chi connectivity index (χ0n) is 12.4. The van der Waals surface area contributed by atoms with Crippen molar-refractivity contribution in [3.63, 3.8) is 0 Å². The van der Waals surface area contributed by atoms with Gasteiger partial charge in [-0.2, -0.15) is 11.3 Å². The summed E-state index contributed by atoms with van der Waals surface area (Å²) in [6.07, 6.45) is 0. The third kappa shape index (κ3) is 2.34. The highest BCUT2D eigenvalue weighted by molar-refractivity contribution is 7.08. The van der Waals surface area contributed by atoms with Crippen LogP contribution >= 0.6 is 11.3 Å². The van der Waals surface area contributed by atoms with Gasteiger partial charge in [-0.15, -0.1) is 0 Å². The molecule has 4 rings (SSSR count). The van der Waals surface area contributed by atoms with Crippen molar-refractivity contribution in [1.29, 1.82) is 0 Å². The average Bonchev–Trinajstić information content (AvgIpc) is 3.18. The number of aryl methyl sites for hydroxylation is 1. The normalized spacial score (nSPS) is 15.3. The maximum atomic E-state index is 4.88. The number of anilines is 2. The molecule has 0 radical (unpaired) electrons. The van der Waals surface area contributed by atoms with Gasteiger partial charge in [-0.05, 0) is 36.6 Å². The Morgan fingerprint density at radius 2 is 1.82 bits per heavy atom. The SMILES string of the molecule is Cc1ccc(N=C2CN(c3ccsc3)c3ccccc32)cc1. The van der Waals surface area contributed by atoms with Crippen molar-refractivity contribution in [3.8, 4) is 0 Å². The van der Waals surface area contributed by atoms with Crippen molar-refractivity contribution in [2.24, 2.45) is 4.99 Å². The van der Waals surface area contributed by atoms with E-state index in [9.17, 15) is 0 Å². The predicted molar refractivity (Wildman–Crippen MR) is 95.1 cm³/mol. The number of hydrogen-bond donors (Lipinski definition) is 0. The lowest BCUT2D eigenvalue weighted by Gasteiger charge is -2.16. The molecular weight excluding hydrogens is 288 g/mol. The molecule has 0 spiro atoms. The van der Waals surface area contributed by atoms with E-state index in [2.05, 4.69) is 77.2 Å². The highest BCUT2D eigenvalue weighted by Gasteiger charge is 2.25. The average molecular weight is 304 g/mol. The van der Waals surface area contributed by atoms with Crippen LogP contribution in [0.5, 0.6) is 0 Å². The van der Waals surface area contributed by atoms with Crippen LogP contribution in [-0.4, -0.2) is 12.3 Å². The smallest absolute Gasteiger partial charge is 0.0701 e. The number of hydrogen-bond acceptors (Lipinski definition) is 3. The van der Waals surface area contributed by atoms with Crippen molar-refractivity contribution in [1.82, 2.24) is 0 Å². The van der Waals surface area contributed by atoms with Crippen molar-refractivity contribution in [3.05, 3.63) is 76.5 Å². The van der Waals surface area contributed by atoms with E-state index in [1.54, 1.807) is 11.3 Å². The van der Waals surface area contributed by atoms with Crippen LogP contribution in [0.1, 0.15) is 11.1 Å². The van der Waals surface area contributed by atoms with E-state index in [0.29, 0.717) is 0 Å². The van der Waals surface area contributed by atoms with Crippen LogP contribution in [0.2, 0.25) is 0 Å². The third-order valence-corrected chi connectivity index (χ3v) is 4.60. The fourth-order valence-electron chi connectivity index (χ4n) is 2.79. The minimum absolute atomic E-state index is 0.823. The first-order valence-corrected chi connectivity index (χ1v) is 8.29. The summed E-state index contributed by atoms with van der Waals surface area (Å²) >= 11 is 1.73. The Morgan fingerprint density at radius 3 is 2.59 bits per heavy atom. The second-order valence-corrected chi connectivity index (χ2v) is 6.26. The molecule has 0 atom stereocenters. The van der Waals surface area contributed by atoms with Gasteiger partial charge < -0.3 is 4.90 Å². The molecule has 0 unspecified atom stereocenters. The fraction of sp³-hybridized carbons (Fsp3) is 0.105. The number of fused-ring (bicyclic) bond motifs is 1. The summed E-state index contributed by atoms with van der Waals surface area (Å²) in [5.41, 5.74) is 7.12. The molecule has 1 aromatic heterocycles. The van der Waals surface area contributed by atoms with Gasteiger partial charge in [-0.1, -0.05) is 35.9 Å². The fourth-order valence-corrected chi connectivity index (χ4v) is 3.43. The molecule has 2 nitrogen and oxygen atoms in total. The lowest BCUT2D eigenvalue weighted by Crippen LogP contribution is -2.15. The first-order valence-electron chi connectivity index (χ1n) is 7.35. The molecule has 1 aliphatic rings. The predicted octanol–water partition coefficient (Wildman–Crippen LogP) is 5.33. The Morgan fingerprint density at radius 1 is 1.00 bits per heavy atom. The lowest BCUT2D eigenvalue weighted by molar-refractivity contribution is 1.18. The number of thiophene rings is 1. The van der Waals surface area contributed by atoms with Crippen LogP contribution in [0.4, 0.5) is 17.1 Å². The number of rotatable bonds is 2. The Labute approximate surface area is 134 Å². The first kappa shape index (κ1) is 13.3. The third-order valence-electron chi connectivity index (χ3n) is 3.93. The Bertz CT molecular complexity index is 817. The van der Waals surface area contributed by atoms with Crippen LogP contribution in [0, 0.1) is 6.92 Å². The summed E-state index contributed by atoms with van der Waals surface area (Å²) in [5, 5.41) is 4.30. The molecule has 0 N–H and O–H groups in total. The van der Waals surface area contributed by atoms with Gasteiger partial charge >= 0.3 is 0 Å². The van der Waals surface area contributed by atoms with Crippen LogP contribution in [0.25, 0.3) is 0 Å². The van der Waals surface area contributed by atoms with Crippen molar-refractivity contribution in [2.75, 3.05) is 11.4 Å². The highest BCUT2D eigenvalue weighted by atomic mass is 32.1. The number of benzene rings is 2. The van der Waals surface area contributed by atoms with Crippen molar-refractivity contribution >= 4 is 34.1 Å². The van der Waals surface area contributed by atoms with Gasteiger partial charge in [0, 0.05) is 10.9 Å². The van der Waals surface area contributed by atoms with E-state index >= 15 is 0 Å². The number of para-hydroxylation sites is 1. The monoisotopic (exact) mass is 304 g/mol. The standard InChI is InChI=1S/C19H16N2S/c1-14-6-8-15(9-7-14)20-18-12-21(16-10-11-22-13-16)19-5-3-2-4-17(18)19/h2-11,13H,12H2,1H3. The molecule has 2 heterocycles. The molecule has 3 aromatic rings. The van der Waals surface area contributed by atoms with E-state index in [-0.39, 0.29) is 0 Å². The molecule has 0 saturated heterocycles. The molecule has 0 fully saturated rings. The minimum Gasteiger partial charge on any atom is -0.334 e. The molecule has 22 heavy (non-hydrogen) atoms. The van der Waals surface area contributed by atoms with Crippen molar-refractivity contribution in [2.45, 2.75) is 6.92 Å². The summed E-state index contributed by atoms with van der Waals surface area (Å²) in [6.45, 7) is 2.92. The Kier molecular flexibility index (Phi) is 3.28. The zero-order chi connectivity index (χ0) is 14.9. The Hall–Kier alpha value is -2.39. The Balaban J connectivity index is 1.77. The quantitative estimate of drug-likeness (QED) is 0.625. The molecule has 0 amide bonds. The molecule has 0 saturated carbocycles. The highest BCUT2D eigenvalue weighted by Crippen LogP contribution is 2.36. The molecule has 1 aliphatic heterocycles.